The molecule has 1 N–H and O–H groups in total. The Balaban J connectivity index is 1.58. The standard InChI is InChI=1S/C16H25N3O2S/c1-18-6-2-4-13(15(18)14-5-3-11-22-14)12-17-16(20)19-7-9-21-10-8-19/h3,5,11,13,15H,2,4,6-10,12H2,1H3,(H,17,20)/t13-,15-/m0/s1. The first-order valence-electron chi connectivity index (χ1n) is 8.10. The van der Waals surface area contributed by atoms with Crippen LogP contribution < -0.4 is 5.32 Å². The van der Waals surface area contributed by atoms with E-state index >= 15 is 0 Å². The molecule has 2 amide bonds. The van der Waals surface area contributed by atoms with E-state index in [2.05, 4.69) is 34.8 Å². The number of hydrogen-bond acceptors (Lipinski definition) is 4. The molecule has 0 aliphatic carbocycles. The van der Waals surface area contributed by atoms with Crippen LogP contribution in [0.25, 0.3) is 0 Å². The van der Waals surface area contributed by atoms with Gasteiger partial charge < -0.3 is 15.0 Å². The zero-order valence-electron chi connectivity index (χ0n) is 13.2. The highest BCUT2D eigenvalue weighted by Crippen LogP contribution is 2.36. The number of urea groups is 1. The van der Waals surface area contributed by atoms with E-state index in [1.165, 1.54) is 17.7 Å². The zero-order valence-corrected chi connectivity index (χ0v) is 14.0. The summed E-state index contributed by atoms with van der Waals surface area (Å²) in [5.41, 5.74) is 0. The van der Waals surface area contributed by atoms with Gasteiger partial charge in [0.25, 0.3) is 0 Å². The largest absolute Gasteiger partial charge is 0.378 e. The number of carbonyl (C=O) groups is 1. The molecule has 2 aliphatic heterocycles. The van der Waals surface area contributed by atoms with Gasteiger partial charge in [0, 0.05) is 30.6 Å². The molecular weight excluding hydrogens is 298 g/mol. The normalized spacial score (nSPS) is 26.9. The molecule has 0 bridgehead atoms. The van der Waals surface area contributed by atoms with E-state index in [0.717, 1.165) is 13.1 Å². The maximum atomic E-state index is 12.3. The van der Waals surface area contributed by atoms with Crippen molar-refractivity contribution in [2.75, 3.05) is 46.4 Å². The van der Waals surface area contributed by atoms with Gasteiger partial charge >= 0.3 is 6.03 Å². The predicted molar refractivity (Wildman–Crippen MR) is 88.2 cm³/mol. The zero-order chi connectivity index (χ0) is 15.4. The fourth-order valence-corrected chi connectivity index (χ4v) is 4.46. The van der Waals surface area contributed by atoms with E-state index in [1.54, 1.807) is 0 Å². The van der Waals surface area contributed by atoms with Crippen LogP contribution >= 0.6 is 11.3 Å². The van der Waals surface area contributed by atoms with Gasteiger partial charge in [-0.25, -0.2) is 4.79 Å². The summed E-state index contributed by atoms with van der Waals surface area (Å²) < 4.78 is 5.30. The van der Waals surface area contributed by atoms with Crippen molar-refractivity contribution in [1.82, 2.24) is 15.1 Å². The van der Waals surface area contributed by atoms with Crippen molar-refractivity contribution in [1.29, 1.82) is 0 Å². The highest BCUT2D eigenvalue weighted by Gasteiger charge is 2.31. The fraction of sp³-hybridized carbons (Fsp3) is 0.688. The van der Waals surface area contributed by atoms with Crippen LogP contribution in [0.5, 0.6) is 0 Å². The molecule has 122 valence electrons. The molecule has 3 rings (SSSR count). The average molecular weight is 323 g/mol. The van der Waals surface area contributed by atoms with Crippen LogP contribution in [0.4, 0.5) is 4.79 Å². The number of morpholine rings is 1. The maximum Gasteiger partial charge on any atom is 0.317 e. The molecule has 0 saturated carbocycles. The number of ether oxygens (including phenoxy) is 1. The first kappa shape index (κ1) is 15.8. The van der Waals surface area contributed by atoms with Crippen molar-refractivity contribution < 1.29 is 9.53 Å². The Hall–Kier alpha value is -1.11. The molecule has 0 radical (unpaired) electrons. The van der Waals surface area contributed by atoms with Gasteiger partial charge in [-0.05, 0) is 43.8 Å². The highest BCUT2D eigenvalue weighted by atomic mass is 32.1. The Labute approximate surface area is 136 Å². The van der Waals surface area contributed by atoms with Crippen molar-refractivity contribution in [3.8, 4) is 0 Å². The molecule has 2 atom stereocenters. The summed E-state index contributed by atoms with van der Waals surface area (Å²) in [6.45, 7) is 4.59. The van der Waals surface area contributed by atoms with Gasteiger partial charge in [-0.3, -0.25) is 4.90 Å². The molecule has 6 heteroatoms. The number of rotatable bonds is 3. The summed E-state index contributed by atoms with van der Waals surface area (Å²) in [5.74, 6) is 0.488. The lowest BCUT2D eigenvalue weighted by atomic mass is 9.88. The minimum atomic E-state index is 0.0569. The number of carbonyl (C=O) groups excluding carboxylic acids is 1. The van der Waals surface area contributed by atoms with Crippen LogP contribution in [0, 0.1) is 5.92 Å². The summed E-state index contributed by atoms with van der Waals surface area (Å²) in [6, 6.07) is 4.82. The third kappa shape index (κ3) is 3.62. The van der Waals surface area contributed by atoms with Crippen molar-refractivity contribution in [2.45, 2.75) is 18.9 Å². The van der Waals surface area contributed by atoms with Crippen LogP contribution in [0.3, 0.4) is 0 Å². The Morgan fingerprint density at radius 3 is 2.95 bits per heavy atom. The molecule has 1 aromatic rings. The Morgan fingerprint density at radius 1 is 1.41 bits per heavy atom. The monoisotopic (exact) mass is 323 g/mol. The van der Waals surface area contributed by atoms with Gasteiger partial charge in [0.05, 0.1) is 13.2 Å². The molecular formula is C16H25N3O2S. The molecule has 2 aliphatic rings. The summed E-state index contributed by atoms with van der Waals surface area (Å²) in [6.07, 6.45) is 2.38. The molecule has 0 spiro atoms. The molecule has 0 unspecified atom stereocenters. The lowest BCUT2D eigenvalue weighted by Crippen LogP contribution is -2.49. The summed E-state index contributed by atoms with van der Waals surface area (Å²) in [7, 11) is 2.19. The first-order valence-corrected chi connectivity index (χ1v) is 8.98. The van der Waals surface area contributed by atoms with Gasteiger partial charge in [-0.2, -0.15) is 0 Å². The molecule has 2 saturated heterocycles. The third-order valence-corrected chi connectivity index (χ3v) is 5.60. The fourth-order valence-electron chi connectivity index (χ4n) is 3.48. The Kier molecular flexibility index (Phi) is 5.33. The van der Waals surface area contributed by atoms with Crippen molar-refractivity contribution in [3.05, 3.63) is 22.4 Å². The van der Waals surface area contributed by atoms with Gasteiger partial charge in [-0.15, -0.1) is 11.3 Å². The van der Waals surface area contributed by atoms with Gasteiger partial charge in [-0.1, -0.05) is 6.07 Å². The number of hydrogen-bond donors (Lipinski definition) is 1. The molecule has 0 aromatic carbocycles. The molecule has 3 heterocycles. The number of nitrogens with zero attached hydrogens (tertiary/aromatic N) is 2. The van der Waals surface area contributed by atoms with E-state index in [1.807, 2.05) is 16.2 Å². The minimum absolute atomic E-state index is 0.0569. The second-order valence-electron chi connectivity index (χ2n) is 6.13. The SMILES string of the molecule is CN1CCC[C@@H](CNC(=O)N2CCOCC2)[C@H]1c1cccs1. The second kappa shape index (κ2) is 7.44. The average Bonchev–Trinajstić information content (AvgIpc) is 3.07. The number of likely N-dealkylation sites (tertiary alicyclic amines) is 1. The number of nitrogens with one attached hydrogen (secondary N) is 1. The van der Waals surface area contributed by atoms with Crippen molar-refractivity contribution in [2.24, 2.45) is 5.92 Å². The van der Waals surface area contributed by atoms with Crippen LogP contribution in [0.15, 0.2) is 17.5 Å². The van der Waals surface area contributed by atoms with Crippen LogP contribution in [-0.2, 0) is 4.74 Å². The second-order valence-corrected chi connectivity index (χ2v) is 7.11. The minimum Gasteiger partial charge on any atom is -0.378 e. The molecule has 2 fully saturated rings. The number of piperidine rings is 1. The lowest BCUT2D eigenvalue weighted by Gasteiger charge is -2.39. The van der Waals surface area contributed by atoms with Gasteiger partial charge in [0.15, 0.2) is 0 Å². The Bertz CT molecular complexity index is 474. The van der Waals surface area contributed by atoms with Crippen LogP contribution in [0.2, 0.25) is 0 Å². The summed E-state index contributed by atoms with van der Waals surface area (Å²) in [5, 5.41) is 5.28. The van der Waals surface area contributed by atoms with Crippen molar-refractivity contribution in [3.63, 3.8) is 0 Å². The quantitative estimate of drug-likeness (QED) is 0.927. The van der Waals surface area contributed by atoms with E-state index in [4.69, 9.17) is 4.74 Å². The van der Waals surface area contributed by atoms with E-state index in [-0.39, 0.29) is 6.03 Å². The number of thiophene rings is 1. The highest BCUT2D eigenvalue weighted by molar-refractivity contribution is 7.10. The topological polar surface area (TPSA) is 44.8 Å². The first-order chi connectivity index (χ1) is 10.8. The van der Waals surface area contributed by atoms with Gasteiger partial charge in [0.1, 0.15) is 0 Å². The van der Waals surface area contributed by atoms with E-state index in [0.29, 0.717) is 38.3 Å². The van der Waals surface area contributed by atoms with E-state index in [9.17, 15) is 4.79 Å². The molecule has 22 heavy (non-hydrogen) atoms. The summed E-state index contributed by atoms with van der Waals surface area (Å²) >= 11 is 1.82. The van der Waals surface area contributed by atoms with Crippen LogP contribution in [0.1, 0.15) is 23.8 Å². The van der Waals surface area contributed by atoms with E-state index < -0.39 is 0 Å². The molecule has 5 nitrogen and oxygen atoms in total. The number of amides is 2. The van der Waals surface area contributed by atoms with Crippen molar-refractivity contribution >= 4 is 17.4 Å². The summed E-state index contributed by atoms with van der Waals surface area (Å²) in [4.78, 5) is 18.0. The predicted octanol–water partition coefficient (Wildman–Crippen LogP) is 2.17. The van der Waals surface area contributed by atoms with Crippen LogP contribution in [-0.4, -0.2) is 62.3 Å². The smallest absolute Gasteiger partial charge is 0.317 e. The lowest BCUT2D eigenvalue weighted by molar-refractivity contribution is 0.0519. The Morgan fingerprint density at radius 2 is 2.23 bits per heavy atom. The third-order valence-electron chi connectivity index (χ3n) is 4.66. The van der Waals surface area contributed by atoms with Gasteiger partial charge in [0.2, 0.25) is 0 Å². The molecule has 1 aromatic heterocycles. The maximum absolute atomic E-state index is 12.3.